The quantitative estimate of drug-likeness (QED) is 0.374. The van der Waals surface area contributed by atoms with Crippen LogP contribution >= 0.6 is 0 Å². The molecule has 8 nitrogen and oxygen atoms in total. The molecule has 2 N–H and O–H groups in total. The minimum atomic E-state index is -0.0915. The Morgan fingerprint density at radius 3 is 2.85 bits per heavy atom. The van der Waals surface area contributed by atoms with E-state index >= 15 is 0 Å². The molecule has 4 heterocycles. The zero-order valence-electron chi connectivity index (χ0n) is 19.7. The predicted molar refractivity (Wildman–Crippen MR) is 134 cm³/mol. The number of nitrogens with one attached hydrogen (secondary N) is 2. The van der Waals surface area contributed by atoms with E-state index in [0.29, 0.717) is 18.7 Å². The highest BCUT2D eigenvalue weighted by Gasteiger charge is 2.18. The maximum Gasteiger partial charge on any atom is 0.252 e. The van der Waals surface area contributed by atoms with Crippen LogP contribution in [0.1, 0.15) is 34.4 Å². The number of rotatable bonds is 8. The van der Waals surface area contributed by atoms with Gasteiger partial charge in [-0.3, -0.25) is 9.20 Å². The first kappa shape index (κ1) is 21.8. The number of pyridine rings is 1. The van der Waals surface area contributed by atoms with E-state index in [1.54, 1.807) is 6.20 Å². The van der Waals surface area contributed by atoms with Gasteiger partial charge in [0.1, 0.15) is 17.3 Å². The Hall–Kier alpha value is -4.07. The Morgan fingerprint density at radius 2 is 2.06 bits per heavy atom. The summed E-state index contributed by atoms with van der Waals surface area (Å²) < 4.78 is 4.02. The van der Waals surface area contributed by atoms with Crippen molar-refractivity contribution in [3.05, 3.63) is 83.8 Å². The Morgan fingerprint density at radius 1 is 1.21 bits per heavy atom. The number of aromatic amines is 1. The number of para-hydroxylation sites is 1. The van der Waals surface area contributed by atoms with Crippen LogP contribution in [0.25, 0.3) is 16.6 Å². The molecule has 0 aliphatic heterocycles. The van der Waals surface area contributed by atoms with Crippen LogP contribution in [0, 0.1) is 0 Å². The lowest BCUT2D eigenvalue weighted by Gasteiger charge is -2.20. The molecule has 0 spiro atoms. The van der Waals surface area contributed by atoms with Crippen LogP contribution in [-0.4, -0.2) is 43.4 Å². The normalized spacial score (nSPS) is 11.4. The Kier molecular flexibility index (Phi) is 5.79. The van der Waals surface area contributed by atoms with Gasteiger partial charge in [0.15, 0.2) is 0 Å². The molecule has 174 valence electrons. The monoisotopic (exact) mass is 455 g/mol. The number of aryl methyl sites for hydroxylation is 2. The molecule has 0 aliphatic rings. The topological polar surface area (TPSA) is 83.2 Å². The summed E-state index contributed by atoms with van der Waals surface area (Å²) in [6.45, 7) is 3.30. The summed E-state index contributed by atoms with van der Waals surface area (Å²) in [5.74, 6) is 1.85. The van der Waals surface area contributed by atoms with E-state index in [2.05, 4.69) is 39.2 Å². The van der Waals surface area contributed by atoms with Gasteiger partial charge >= 0.3 is 0 Å². The van der Waals surface area contributed by atoms with E-state index in [0.717, 1.165) is 41.3 Å². The summed E-state index contributed by atoms with van der Waals surface area (Å²) in [5, 5.41) is 4.26. The molecular weight excluding hydrogens is 426 g/mol. The van der Waals surface area contributed by atoms with Crippen LogP contribution in [0.4, 0.5) is 5.82 Å². The highest BCUT2D eigenvalue weighted by atomic mass is 16.1. The van der Waals surface area contributed by atoms with Gasteiger partial charge in [0.25, 0.3) is 5.91 Å². The molecule has 4 aromatic heterocycles. The number of aromatic nitrogens is 5. The van der Waals surface area contributed by atoms with Gasteiger partial charge < -0.3 is 19.8 Å². The second-order valence-corrected chi connectivity index (χ2v) is 8.56. The van der Waals surface area contributed by atoms with Crippen molar-refractivity contribution in [2.75, 3.05) is 18.5 Å². The third kappa shape index (κ3) is 4.03. The molecule has 1 aromatic carbocycles. The molecule has 0 saturated heterocycles. The van der Waals surface area contributed by atoms with Gasteiger partial charge in [-0.05, 0) is 36.6 Å². The highest BCUT2D eigenvalue weighted by molar-refractivity contribution is 5.94. The summed E-state index contributed by atoms with van der Waals surface area (Å²) >= 11 is 0. The van der Waals surface area contributed by atoms with E-state index < -0.39 is 0 Å². The maximum atomic E-state index is 13.0. The molecular formula is C26H29N7O. The molecule has 0 atom stereocenters. The summed E-state index contributed by atoms with van der Waals surface area (Å²) in [7, 11) is 4.02. The summed E-state index contributed by atoms with van der Waals surface area (Å²) in [4.78, 5) is 27.6. The van der Waals surface area contributed by atoms with Gasteiger partial charge in [-0.1, -0.05) is 25.1 Å². The van der Waals surface area contributed by atoms with Crippen molar-refractivity contribution in [1.29, 1.82) is 0 Å². The lowest BCUT2D eigenvalue weighted by molar-refractivity contribution is 0.0953. The van der Waals surface area contributed by atoms with Crippen LogP contribution in [0.2, 0.25) is 0 Å². The van der Waals surface area contributed by atoms with Crippen LogP contribution in [-0.2, 0) is 26.4 Å². The number of nitrogens with zero attached hydrogens (tertiary/aromatic N) is 5. The highest BCUT2D eigenvalue weighted by Crippen LogP contribution is 2.24. The second-order valence-electron chi connectivity index (χ2n) is 8.56. The molecule has 5 aromatic rings. The largest absolute Gasteiger partial charge is 0.361 e. The first-order valence-corrected chi connectivity index (χ1v) is 11.6. The molecule has 0 bridgehead atoms. The number of carbonyl (C=O) groups excluding carboxylic acids is 1. The van der Waals surface area contributed by atoms with E-state index in [4.69, 9.17) is 4.98 Å². The SMILES string of the molecule is CCc1nc2ccc(C(=O)NCCc3c[nH]c4ccccc34)cn2c1N(C)Cc1nccn1C. The van der Waals surface area contributed by atoms with Gasteiger partial charge in [0.05, 0.1) is 17.8 Å². The smallest absolute Gasteiger partial charge is 0.252 e. The molecule has 0 aliphatic carbocycles. The summed E-state index contributed by atoms with van der Waals surface area (Å²) in [5.41, 5.74) is 4.75. The van der Waals surface area contributed by atoms with Crippen molar-refractivity contribution in [3.63, 3.8) is 0 Å². The van der Waals surface area contributed by atoms with Crippen molar-refractivity contribution in [1.82, 2.24) is 29.2 Å². The number of amides is 1. The molecule has 0 radical (unpaired) electrons. The molecule has 0 fully saturated rings. The number of hydrogen-bond donors (Lipinski definition) is 2. The standard InChI is InChI=1S/C26H29N7O/c1-4-21-26(32(3)17-24-27-13-14-31(24)2)33-16-19(9-10-23(33)30-21)25(34)28-12-11-18-15-29-22-8-6-5-7-20(18)22/h5-10,13-16,29H,4,11-12,17H2,1-3H3,(H,28,34). The number of H-pyrrole nitrogens is 1. The van der Waals surface area contributed by atoms with E-state index in [1.807, 2.05) is 65.9 Å². The summed E-state index contributed by atoms with van der Waals surface area (Å²) in [6.07, 6.45) is 9.21. The van der Waals surface area contributed by atoms with Crippen molar-refractivity contribution in [3.8, 4) is 0 Å². The van der Waals surface area contributed by atoms with Gasteiger partial charge in [-0.15, -0.1) is 0 Å². The first-order chi connectivity index (χ1) is 16.5. The average molecular weight is 456 g/mol. The summed E-state index contributed by atoms with van der Waals surface area (Å²) in [6, 6.07) is 12.0. The fourth-order valence-corrected chi connectivity index (χ4v) is 4.44. The molecule has 0 saturated carbocycles. The Bertz CT molecular complexity index is 1460. The number of hydrogen-bond acceptors (Lipinski definition) is 4. The zero-order chi connectivity index (χ0) is 23.7. The van der Waals surface area contributed by atoms with Gasteiger partial charge in [-0.2, -0.15) is 0 Å². The van der Waals surface area contributed by atoms with Crippen LogP contribution in [0.3, 0.4) is 0 Å². The Balaban J connectivity index is 1.34. The molecule has 5 rings (SSSR count). The number of imidazole rings is 2. The molecule has 8 heteroatoms. The molecule has 34 heavy (non-hydrogen) atoms. The third-order valence-electron chi connectivity index (χ3n) is 6.28. The molecule has 0 unspecified atom stereocenters. The number of carbonyl (C=O) groups is 1. The lowest BCUT2D eigenvalue weighted by Crippen LogP contribution is -2.26. The molecule has 1 amide bonds. The van der Waals surface area contributed by atoms with E-state index in [1.165, 1.54) is 10.9 Å². The van der Waals surface area contributed by atoms with Gasteiger partial charge in [-0.25, -0.2) is 9.97 Å². The zero-order valence-corrected chi connectivity index (χ0v) is 19.7. The predicted octanol–water partition coefficient (Wildman–Crippen LogP) is 3.72. The first-order valence-electron chi connectivity index (χ1n) is 11.6. The fraction of sp³-hybridized carbons (Fsp3) is 0.269. The van der Waals surface area contributed by atoms with Crippen molar-refractivity contribution in [2.45, 2.75) is 26.3 Å². The minimum absolute atomic E-state index is 0.0915. The van der Waals surface area contributed by atoms with Crippen LogP contribution in [0.5, 0.6) is 0 Å². The van der Waals surface area contributed by atoms with Crippen molar-refractivity contribution < 1.29 is 4.79 Å². The van der Waals surface area contributed by atoms with Crippen LogP contribution in [0.15, 0.2) is 61.2 Å². The van der Waals surface area contributed by atoms with Crippen LogP contribution < -0.4 is 10.2 Å². The minimum Gasteiger partial charge on any atom is -0.361 e. The lowest BCUT2D eigenvalue weighted by atomic mass is 10.1. The van der Waals surface area contributed by atoms with Gasteiger partial charge in [0.2, 0.25) is 0 Å². The van der Waals surface area contributed by atoms with Crippen molar-refractivity contribution in [2.24, 2.45) is 7.05 Å². The fourth-order valence-electron chi connectivity index (χ4n) is 4.44. The number of fused-ring (bicyclic) bond motifs is 2. The second kappa shape index (κ2) is 9.05. The van der Waals surface area contributed by atoms with E-state index in [9.17, 15) is 4.79 Å². The number of benzene rings is 1. The Labute approximate surface area is 198 Å². The van der Waals surface area contributed by atoms with Crippen molar-refractivity contribution >= 4 is 28.3 Å². The third-order valence-corrected chi connectivity index (χ3v) is 6.28. The van der Waals surface area contributed by atoms with E-state index in [-0.39, 0.29) is 5.91 Å². The average Bonchev–Trinajstić information content (AvgIpc) is 3.55. The maximum absolute atomic E-state index is 13.0. The number of anilines is 1. The van der Waals surface area contributed by atoms with Gasteiger partial charge in [0, 0.05) is 56.3 Å².